The zero-order chi connectivity index (χ0) is 30.5. The minimum Gasteiger partial charge on any atom is -0.493 e. The number of benzene rings is 1. The zero-order valence-corrected chi connectivity index (χ0v) is 24.4. The maximum absolute atomic E-state index is 13.1. The standard InChI is InChI=1S/C31H39F3N2O6/c1-36-16-14-30-19-23(37)25(41-3)18-21(30)22(36)17-20-10-11-24(40-2)29(28(20)30)42-27(39)9-7-5-4-6-8-15-35-26(38)12-13-31(32,33)34/h10-13,18,21-22H,4-9,14-17,19H2,1-3H3,(H,35,38)/b13-12+/t21-,22+,30-/m1/s1. The van der Waals surface area contributed by atoms with Gasteiger partial charge in [0.25, 0.3) is 0 Å². The molecule has 3 atom stereocenters. The lowest BCUT2D eigenvalue weighted by atomic mass is 9.53. The molecule has 0 spiro atoms. The van der Waals surface area contributed by atoms with Crippen LogP contribution in [0.3, 0.4) is 0 Å². The minimum atomic E-state index is -4.51. The number of fused-ring (bicyclic) bond motifs is 1. The second kappa shape index (κ2) is 13.3. The van der Waals surface area contributed by atoms with E-state index in [4.69, 9.17) is 14.2 Å². The number of hydrogen-bond acceptors (Lipinski definition) is 7. The van der Waals surface area contributed by atoms with Crippen LogP contribution in [0.1, 0.15) is 62.5 Å². The van der Waals surface area contributed by atoms with Crippen LogP contribution in [0.5, 0.6) is 11.5 Å². The molecule has 2 aliphatic carbocycles. The number of rotatable bonds is 12. The predicted octanol–water partition coefficient (Wildman–Crippen LogP) is 4.79. The summed E-state index contributed by atoms with van der Waals surface area (Å²) in [7, 11) is 5.16. The fraction of sp³-hybridized carbons (Fsp3) is 0.581. The number of ether oxygens (including phenoxy) is 3. The molecule has 1 saturated heterocycles. The molecule has 1 fully saturated rings. The predicted molar refractivity (Wildman–Crippen MR) is 149 cm³/mol. The molecule has 0 unspecified atom stereocenters. The lowest BCUT2D eigenvalue weighted by Gasteiger charge is -2.56. The number of nitrogens with one attached hydrogen (secondary N) is 1. The average Bonchev–Trinajstić information content (AvgIpc) is 2.94. The summed E-state index contributed by atoms with van der Waals surface area (Å²) in [4.78, 5) is 39.9. The number of Topliss-reactive ketones (excluding diaryl/α,β-unsaturated/α-hetero) is 1. The highest BCUT2D eigenvalue weighted by atomic mass is 19.4. The van der Waals surface area contributed by atoms with Gasteiger partial charge in [0.15, 0.2) is 23.0 Å². The Labute approximate surface area is 244 Å². The van der Waals surface area contributed by atoms with Crippen molar-refractivity contribution in [2.24, 2.45) is 5.92 Å². The van der Waals surface area contributed by atoms with Gasteiger partial charge in [0.1, 0.15) is 0 Å². The van der Waals surface area contributed by atoms with E-state index < -0.39 is 17.5 Å². The van der Waals surface area contributed by atoms with Gasteiger partial charge in [-0.15, -0.1) is 0 Å². The molecule has 1 heterocycles. The van der Waals surface area contributed by atoms with E-state index in [0.717, 1.165) is 49.8 Å². The van der Waals surface area contributed by atoms with Gasteiger partial charge in [-0.05, 0) is 57.0 Å². The maximum atomic E-state index is 13.1. The van der Waals surface area contributed by atoms with E-state index in [0.29, 0.717) is 36.2 Å². The van der Waals surface area contributed by atoms with E-state index >= 15 is 0 Å². The summed E-state index contributed by atoms with van der Waals surface area (Å²) >= 11 is 0. The number of likely N-dealkylation sites (N-methyl/N-ethyl adjacent to an activating group) is 1. The summed E-state index contributed by atoms with van der Waals surface area (Å²) < 4.78 is 53.4. The van der Waals surface area contributed by atoms with Gasteiger partial charge in [-0.1, -0.05) is 25.3 Å². The molecule has 230 valence electrons. The molecule has 42 heavy (non-hydrogen) atoms. The molecule has 11 heteroatoms. The summed E-state index contributed by atoms with van der Waals surface area (Å²) in [6.07, 6.45) is 3.41. The van der Waals surface area contributed by atoms with E-state index in [9.17, 15) is 27.6 Å². The Morgan fingerprint density at radius 2 is 1.86 bits per heavy atom. The molecule has 1 aromatic rings. The summed E-state index contributed by atoms with van der Waals surface area (Å²) in [6.45, 7) is 1.10. The van der Waals surface area contributed by atoms with Crippen LogP contribution >= 0.6 is 0 Å². The number of halogens is 3. The van der Waals surface area contributed by atoms with E-state index in [2.05, 4.69) is 17.3 Å². The lowest BCUT2D eigenvalue weighted by molar-refractivity contribution is -0.134. The maximum Gasteiger partial charge on any atom is 0.409 e. The van der Waals surface area contributed by atoms with Gasteiger partial charge in [0.2, 0.25) is 5.91 Å². The van der Waals surface area contributed by atoms with Crippen molar-refractivity contribution in [2.75, 3.05) is 34.4 Å². The quantitative estimate of drug-likeness (QED) is 0.161. The Kier molecular flexibility index (Phi) is 10.0. The SMILES string of the molecule is COC1=C[C@@H]2[C@@H]3Cc4ccc(OC)c(OC(=O)CCCCCCCNC(=O)/C=C/C(F)(F)F)c4[C@]2(CCN3C)CC1=O. The molecule has 4 rings (SSSR count). The highest BCUT2D eigenvalue weighted by Crippen LogP contribution is 2.58. The van der Waals surface area contributed by atoms with Crippen LogP contribution < -0.4 is 14.8 Å². The molecule has 8 nitrogen and oxygen atoms in total. The minimum absolute atomic E-state index is 0.0337. The number of carbonyl (C=O) groups is 3. The first-order valence-electron chi connectivity index (χ1n) is 14.4. The van der Waals surface area contributed by atoms with Crippen LogP contribution in [0.25, 0.3) is 0 Å². The van der Waals surface area contributed by atoms with E-state index in [1.807, 2.05) is 18.2 Å². The van der Waals surface area contributed by atoms with Crippen LogP contribution in [0.2, 0.25) is 0 Å². The summed E-state index contributed by atoms with van der Waals surface area (Å²) in [5, 5.41) is 2.43. The second-order valence-corrected chi connectivity index (χ2v) is 11.3. The number of allylic oxidation sites excluding steroid dienone is 2. The number of likely N-dealkylation sites (tertiary alicyclic amines) is 1. The summed E-state index contributed by atoms with van der Waals surface area (Å²) in [6, 6.07) is 4.04. The second-order valence-electron chi connectivity index (χ2n) is 11.3. The van der Waals surface area contributed by atoms with Crippen molar-refractivity contribution in [1.82, 2.24) is 10.2 Å². The summed E-state index contributed by atoms with van der Waals surface area (Å²) in [5.74, 6) is 0.0981. The number of ketones is 1. The van der Waals surface area contributed by atoms with Crippen LogP contribution in [0.4, 0.5) is 13.2 Å². The Hall–Kier alpha value is -3.34. The number of carbonyl (C=O) groups excluding carboxylic acids is 3. The Balaban J connectivity index is 1.36. The van der Waals surface area contributed by atoms with Crippen LogP contribution in [-0.2, 0) is 31.0 Å². The first-order chi connectivity index (χ1) is 20.0. The van der Waals surface area contributed by atoms with Crippen molar-refractivity contribution in [2.45, 2.75) is 75.4 Å². The summed E-state index contributed by atoms with van der Waals surface area (Å²) in [5.41, 5.74) is 1.46. The number of esters is 1. The van der Waals surface area contributed by atoms with Gasteiger partial charge in [0.05, 0.1) is 14.2 Å². The molecule has 2 bridgehead atoms. The molecule has 1 amide bonds. The Bertz CT molecular complexity index is 1240. The van der Waals surface area contributed by atoms with Crippen molar-refractivity contribution < 1.29 is 41.8 Å². The van der Waals surface area contributed by atoms with E-state index in [-0.39, 0.29) is 49.2 Å². The number of alkyl halides is 3. The first-order valence-corrected chi connectivity index (χ1v) is 14.4. The number of nitrogens with zero attached hydrogens (tertiary/aromatic N) is 1. The average molecular weight is 593 g/mol. The van der Waals surface area contributed by atoms with Crippen molar-refractivity contribution in [3.63, 3.8) is 0 Å². The number of methoxy groups -OCH3 is 2. The molecule has 0 saturated carbocycles. The number of unbranched alkanes of at least 4 members (excludes halogenated alkanes) is 4. The molecular weight excluding hydrogens is 553 g/mol. The normalized spacial score (nSPS) is 23.6. The smallest absolute Gasteiger partial charge is 0.409 e. The number of hydrogen-bond donors (Lipinski definition) is 1. The fourth-order valence-electron chi connectivity index (χ4n) is 6.64. The fourth-order valence-corrected chi connectivity index (χ4v) is 6.64. The topological polar surface area (TPSA) is 94.2 Å². The monoisotopic (exact) mass is 592 g/mol. The largest absolute Gasteiger partial charge is 0.493 e. The molecule has 1 aromatic carbocycles. The molecule has 3 aliphatic rings. The van der Waals surface area contributed by atoms with Crippen molar-refractivity contribution in [1.29, 1.82) is 0 Å². The van der Waals surface area contributed by atoms with Gasteiger partial charge >= 0.3 is 12.1 Å². The Morgan fingerprint density at radius 1 is 1.12 bits per heavy atom. The van der Waals surface area contributed by atoms with E-state index in [1.165, 1.54) is 7.11 Å². The van der Waals surface area contributed by atoms with Gasteiger partial charge < -0.3 is 24.4 Å². The third-order valence-electron chi connectivity index (χ3n) is 8.68. The molecule has 1 aliphatic heterocycles. The highest BCUT2D eigenvalue weighted by Gasteiger charge is 2.57. The number of piperidine rings is 1. The third kappa shape index (κ3) is 6.99. The molecular formula is C31H39F3N2O6. The lowest BCUT2D eigenvalue weighted by Crippen LogP contribution is -2.60. The van der Waals surface area contributed by atoms with Gasteiger partial charge in [0, 0.05) is 54.5 Å². The Morgan fingerprint density at radius 3 is 2.57 bits per heavy atom. The van der Waals surface area contributed by atoms with Gasteiger partial charge in [-0.3, -0.25) is 14.4 Å². The van der Waals surface area contributed by atoms with Crippen molar-refractivity contribution in [3.05, 3.63) is 47.2 Å². The van der Waals surface area contributed by atoms with Gasteiger partial charge in [-0.2, -0.15) is 13.2 Å². The molecule has 0 radical (unpaired) electrons. The van der Waals surface area contributed by atoms with Crippen molar-refractivity contribution >= 4 is 17.7 Å². The number of amides is 1. The first kappa shape index (κ1) is 31.6. The van der Waals surface area contributed by atoms with E-state index in [1.54, 1.807) is 7.11 Å². The van der Waals surface area contributed by atoms with Crippen LogP contribution in [0.15, 0.2) is 36.1 Å². The molecule has 1 N–H and O–H groups in total. The third-order valence-corrected chi connectivity index (χ3v) is 8.68. The van der Waals surface area contributed by atoms with Gasteiger partial charge in [-0.25, -0.2) is 0 Å². The highest BCUT2D eigenvalue weighted by molar-refractivity contribution is 5.96. The van der Waals surface area contributed by atoms with Crippen molar-refractivity contribution in [3.8, 4) is 11.5 Å². The van der Waals surface area contributed by atoms with Crippen LogP contribution in [-0.4, -0.2) is 69.1 Å². The van der Waals surface area contributed by atoms with Crippen LogP contribution in [0, 0.1) is 5.92 Å². The molecule has 0 aromatic heterocycles. The zero-order valence-electron chi connectivity index (χ0n) is 24.4.